The summed E-state index contributed by atoms with van der Waals surface area (Å²) in [5.74, 6) is 2.09. The number of nitrogens with one attached hydrogen (secondary N) is 1. The van der Waals surface area contributed by atoms with Gasteiger partial charge in [0, 0.05) is 6.20 Å². The minimum atomic E-state index is -1.42. The lowest BCUT2D eigenvalue weighted by molar-refractivity contribution is -0.0550. The maximum Gasteiger partial charge on any atom is 0.330 e. The first kappa shape index (κ1) is 13.5. The number of aromatic nitrogens is 2. The zero-order chi connectivity index (χ0) is 14.2. The van der Waals surface area contributed by atoms with Crippen molar-refractivity contribution in [2.75, 3.05) is 6.61 Å². The molecular formula is C11H12N2O6. The minimum Gasteiger partial charge on any atom is -0.394 e. The molecule has 8 heteroatoms. The van der Waals surface area contributed by atoms with E-state index in [4.69, 9.17) is 16.3 Å². The van der Waals surface area contributed by atoms with Crippen LogP contribution in [0.5, 0.6) is 0 Å². The number of aliphatic hydroxyl groups excluding tert-OH is 3. The number of rotatable bonds is 2. The van der Waals surface area contributed by atoms with E-state index in [0.717, 1.165) is 10.8 Å². The Hall–Kier alpha value is -1.92. The van der Waals surface area contributed by atoms with Crippen LogP contribution in [0.25, 0.3) is 0 Å². The van der Waals surface area contributed by atoms with Crippen LogP contribution in [0.4, 0.5) is 0 Å². The second-order valence-corrected chi connectivity index (χ2v) is 4.08. The Morgan fingerprint density at radius 1 is 1.42 bits per heavy atom. The first-order valence-corrected chi connectivity index (χ1v) is 5.44. The van der Waals surface area contributed by atoms with Crippen molar-refractivity contribution in [2.45, 2.75) is 24.5 Å². The number of aliphatic hydroxyl groups is 3. The lowest BCUT2D eigenvalue weighted by Gasteiger charge is -2.17. The van der Waals surface area contributed by atoms with Gasteiger partial charge in [-0.1, -0.05) is 5.92 Å². The summed E-state index contributed by atoms with van der Waals surface area (Å²) in [4.78, 5) is 24.9. The smallest absolute Gasteiger partial charge is 0.330 e. The van der Waals surface area contributed by atoms with E-state index in [2.05, 4.69) is 5.92 Å². The maximum absolute atomic E-state index is 11.6. The SMILES string of the molecule is C#Cc1cn([C@@H]2O[C@@H](CO)[C@H](O)[C@H]2O)c(=O)[nH]c1=O. The Bertz CT molecular complexity index is 627. The molecular weight excluding hydrogens is 256 g/mol. The molecule has 1 aliphatic heterocycles. The summed E-state index contributed by atoms with van der Waals surface area (Å²) in [6.45, 7) is -0.519. The van der Waals surface area contributed by atoms with Gasteiger partial charge in [-0.3, -0.25) is 14.3 Å². The summed E-state index contributed by atoms with van der Waals surface area (Å²) in [5.41, 5.74) is -1.67. The zero-order valence-electron chi connectivity index (χ0n) is 9.68. The summed E-state index contributed by atoms with van der Waals surface area (Å²) < 4.78 is 6.04. The third-order valence-corrected chi connectivity index (χ3v) is 2.91. The Kier molecular flexibility index (Phi) is 3.55. The number of aromatic amines is 1. The van der Waals surface area contributed by atoms with Crippen molar-refractivity contribution < 1.29 is 20.1 Å². The summed E-state index contributed by atoms with van der Waals surface area (Å²) in [5, 5.41) is 28.3. The van der Waals surface area contributed by atoms with Gasteiger partial charge in [0.15, 0.2) is 6.23 Å². The highest BCUT2D eigenvalue weighted by atomic mass is 16.6. The highest BCUT2D eigenvalue weighted by molar-refractivity contribution is 5.26. The summed E-state index contributed by atoms with van der Waals surface area (Å²) in [6, 6.07) is 0. The van der Waals surface area contributed by atoms with Gasteiger partial charge in [0.05, 0.1) is 6.61 Å². The predicted octanol–water partition coefficient (Wildman–Crippen LogP) is -2.87. The van der Waals surface area contributed by atoms with Gasteiger partial charge < -0.3 is 20.1 Å². The molecule has 102 valence electrons. The van der Waals surface area contributed by atoms with Crippen LogP contribution in [0.15, 0.2) is 15.8 Å². The fourth-order valence-electron chi connectivity index (χ4n) is 1.89. The van der Waals surface area contributed by atoms with Crippen molar-refractivity contribution in [3.63, 3.8) is 0 Å². The second kappa shape index (κ2) is 4.99. The van der Waals surface area contributed by atoms with Gasteiger partial charge in [-0.25, -0.2) is 4.79 Å². The first-order valence-electron chi connectivity index (χ1n) is 5.44. The molecule has 4 atom stereocenters. The fourth-order valence-corrected chi connectivity index (χ4v) is 1.89. The van der Waals surface area contributed by atoms with Crippen molar-refractivity contribution >= 4 is 0 Å². The normalized spacial score (nSPS) is 30.2. The number of hydrogen-bond donors (Lipinski definition) is 4. The lowest BCUT2D eigenvalue weighted by Crippen LogP contribution is -2.38. The van der Waals surface area contributed by atoms with Crippen molar-refractivity contribution in [1.82, 2.24) is 9.55 Å². The quantitative estimate of drug-likeness (QED) is 0.427. The van der Waals surface area contributed by atoms with Gasteiger partial charge in [0.1, 0.15) is 23.9 Å². The van der Waals surface area contributed by atoms with E-state index in [9.17, 15) is 19.8 Å². The third-order valence-electron chi connectivity index (χ3n) is 2.91. The number of H-pyrrole nitrogens is 1. The van der Waals surface area contributed by atoms with E-state index in [0.29, 0.717) is 0 Å². The predicted molar refractivity (Wildman–Crippen MR) is 62.3 cm³/mol. The summed E-state index contributed by atoms with van der Waals surface area (Å²) >= 11 is 0. The van der Waals surface area contributed by atoms with Gasteiger partial charge in [0.2, 0.25) is 0 Å². The molecule has 2 rings (SSSR count). The van der Waals surface area contributed by atoms with Crippen LogP contribution in [-0.2, 0) is 4.74 Å². The molecule has 2 heterocycles. The maximum atomic E-state index is 11.6. The number of ether oxygens (including phenoxy) is 1. The average molecular weight is 268 g/mol. The molecule has 0 saturated carbocycles. The molecule has 1 aromatic heterocycles. The van der Waals surface area contributed by atoms with Gasteiger partial charge in [-0.2, -0.15) is 0 Å². The minimum absolute atomic E-state index is 0.114. The van der Waals surface area contributed by atoms with E-state index >= 15 is 0 Å². The van der Waals surface area contributed by atoms with Gasteiger partial charge in [-0.05, 0) is 0 Å². The molecule has 1 aromatic rings. The lowest BCUT2D eigenvalue weighted by atomic mass is 10.1. The van der Waals surface area contributed by atoms with Crippen LogP contribution in [0.3, 0.4) is 0 Å². The van der Waals surface area contributed by atoms with Crippen LogP contribution in [0, 0.1) is 12.3 Å². The van der Waals surface area contributed by atoms with Crippen LogP contribution in [0.2, 0.25) is 0 Å². The molecule has 1 saturated heterocycles. The monoisotopic (exact) mass is 268 g/mol. The van der Waals surface area contributed by atoms with E-state index in [1.807, 2.05) is 4.98 Å². The van der Waals surface area contributed by atoms with Gasteiger partial charge >= 0.3 is 5.69 Å². The second-order valence-electron chi connectivity index (χ2n) is 4.08. The molecule has 0 unspecified atom stereocenters. The average Bonchev–Trinajstić information content (AvgIpc) is 2.67. The molecule has 0 spiro atoms. The molecule has 0 radical (unpaired) electrons. The van der Waals surface area contributed by atoms with E-state index in [1.165, 1.54) is 0 Å². The Balaban J connectivity index is 2.46. The molecule has 0 bridgehead atoms. The standard InChI is InChI=1S/C11H12N2O6/c1-2-5-3-13(11(18)12-9(5)17)10-8(16)7(15)6(4-14)19-10/h1,3,6-8,10,14-16H,4H2,(H,12,17,18)/t6-,7-,8+,10+/m0/s1. The van der Waals surface area contributed by atoms with Crippen molar-refractivity contribution in [2.24, 2.45) is 0 Å². The Morgan fingerprint density at radius 2 is 2.11 bits per heavy atom. The van der Waals surface area contributed by atoms with E-state index in [1.54, 1.807) is 0 Å². The Morgan fingerprint density at radius 3 is 2.63 bits per heavy atom. The summed E-state index contributed by atoms with van der Waals surface area (Å²) in [6.07, 6.45) is 1.14. The molecule has 1 fully saturated rings. The van der Waals surface area contributed by atoms with Gasteiger partial charge in [-0.15, -0.1) is 6.42 Å². The van der Waals surface area contributed by atoms with E-state index in [-0.39, 0.29) is 5.56 Å². The highest BCUT2D eigenvalue weighted by Gasteiger charge is 2.43. The van der Waals surface area contributed by atoms with Crippen LogP contribution < -0.4 is 11.2 Å². The topological polar surface area (TPSA) is 125 Å². The van der Waals surface area contributed by atoms with E-state index < -0.39 is 42.4 Å². The number of nitrogens with zero attached hydrogens (tertiary/aromatic N) is 1. The van der Waals surface area contributed by atoms with Gasteiger partial charge in [0.25, 0.3) is 5.56 Å². The summed E-state index contributed by atoms with van der Waals surface area (Å²) in [7, 11) is 0. The molecule has 4 N–H and O–H groups in total. The van der Waals surface area contributed by atoms with Crippen molar-refractivity contribution in [1.29, 1.82) is 0 Å². The third kappa shape index (κ3) is 2.20. The van der Waals surface area contributed by atoms with Crippen molar-refractivity contribution in [3.05, 3.63) is 32.6 Å². The molecule has 19 heavy (non-hydrogen) atoms. The molecule has 8 nitrogen and oxygen atoms in total. The van der Waals surface area contributed by atoms with Crippen LogP contribution >= 0.6 is 0 Å². The Labute approximate surface area is 106 Å². The molecule has 0 aliphatic carbocycles. The van der Waals surface area contributed by atoms with Crippen LogP contribution in [-0.4, -0.2) is 49.8 Å². The zero-order valence-corrected chi connectivity index (χ0v) is 9.68. The molecule has 0 aromatic carbocycles. The number of terminal acetylenes is 1. The first-order chi connectivity index (χ1) is 8.99. The highest BCUT2D eigenvalue weighted by Crippen LogP contribution is 2.27. The van der Waals surface area contributed by atoms with Crippen LogP contribution in [0.1, 0.15) is 11.8 Å². The fraction of sp³-hybridized carbons (Fsp3) is 0.455. The largest absolute Gasteiger partial charge is 0.394 e. The molecule has 0 amide bonds. The van der Waals surface area contributed by atoms with Crippen molar-refractivity contribution in [3.8, 4) is 12.3 Å². The number of hydrogen-bond acceptors (Lipinski definition) is 6. The molecule has 1 aliphatic rings.